The quantitative estimate of drug-likeness (QED) is 0.361. The zero-order valence-electron chi connectivity index (χ0n) is 16.3. The van der Waals surface area contributed by atoms with Crippen molar-refractivity contribution in [2.75, 3.05) is 27.2 Å². The molecule has 0 spiro atoms. The van der Waals surface area contributed by atoms with Gasteiger partial charge in [0.2, 0.25) is 0 Å². The molecule has 6 heteroatoms. The van der Waals surface area contributed by atoms with Gasteiger partial charge in [0.25, 0.3) is 5.91 Å². The third kappa shape index (κ3) is 2.99. The number of aromatic nitrogens is 2. The summed E-state index contributed by atoms with van der Waals surface area (Å²) in [4.78, 5) is 22.2. The molecule has 0 aliphatic carbocycles. The second-order valence-corrected chi connectivity index (χ2v) is 8.56. The molecular weight excluding hydrogens is 428 g/mol. The largest absolute Gasteiger partial charge is 0.354 e. The summed E-state index contributed by atoms with van der Waals surface area (Å²) in [5, 5.41) is 7.39. The van der Waals surface area contributed by atoms with Crippen LogP contribution in [0.25, 0.3) is 43.6 Å². The molecule has 5 aromatic rings. The van der Waals surface area contributed by atoms with Crippen LogP contribution in [0.4, 0.5) is 0 Å². The Kier molecular flexibility index (Phi) is 4.33. The second-order valence-electron chi connectivity index (χ2n) is 7.64. The second kappa shape index (κ2) is 6.90. The van der Waals surface area contributed by atoms with E-state index in [1.54, 1.807) is 0 Å². The molecule has 29 heavy (non-hydrogen) atoms. The van der Waals surface area contributed by atoms with Crippen molar-refractivity contribution in [1.29, 1.82) is 0 Å². The van der Waals surface area contributed by atoms with Crippen LogP contribution in [-0.4, -0.2) is 48.0 Å². The summed E-state index contributed by atoms with van der Waals surface area (Å²) in [7, 11) is 4.00. The number of nitrogens with zero attached hydrogens (tertiary/aromatic N) is 1. The van der Waals surface area contributed by atoms with E-state index in [4.69, 9.17) is 0 Å². The normalized spacial score (nSPS) is 12.0. The third-order valence-corrected chi connectivity index (χ3v) is 5.90. The number of para-hydroxylation sites is 1. The number of hydrogen-bond donors (Lipinski definition) is 3. The fraction of sp³-hybridized carbons (Fsp3) is 0.174. The molecule has 0 radical (unpaired) electrons. The summed E-state index contributed by atoms with van der Waals surface area (Å²) < 4.78 is 1.01. The van der Waals surface area contributed by atoms with Crippen molar-refractivity contribution in [3.63, 3.8) is 0 Å². The number of amides is 1. The highest BCUT2D eigenvalue weighted by Crippen LogP contribution is 2.38. The highest BCUT2D eigenvalue weighted by atomic mass is 79.9. The van der Waals surface area contributed by atoms with E-state index in [1.165, 1.54) is 0 Å². The van der Waals surface area contributed by atoms with Gasteiger partial charge in [-0.1, -0.05) is 34.1 Å². The molecule has 5 nitrogen and oxygen atoms in total. The smallest absolute Gasteiger partial charge is 0.253 e. The molecule has 3 N–H and O–H groups in total. The molecule has 1 amide bonds. The Labute approximate surface area is 176 Å². The van der Waals surface area contributed by atoms with Crippen molar-refractivity contribution in [3.8, 4) is 0 Å². The minimum atomic E-state index is -0.0605. The highest BCUT2D eigenvalue weighted by Gasteiger charge is 2.19. The summed E-state index contributed by atoms with van der Waals surface area (Å²) in [5.74, 6) is -0.0605. The Bertz CT molecular complexity index is 1400. The average Bonchev–Trinajstić information content (AvgIpc) is 3.24. The van der Waals surface area contributed by atoms with Crippen LogP contribution >= 0.6 is 15.9 Å². The number of carbonyl (C=O) groups is 1. The van der Waals surface area contributed by atoms with Crippen LogP contribution in [0.3, 0.4) is 0 Å². The number of benzene rings is 3. The van der Waals surface area contributed by atoms with E-state index in [9.17, 15) is 4.79 Å². The molecule has 2 aromatic heterocycles. The zero-order chi connectivity index (χ0) is 20.1. The van der Waals surface area contributed by atoms with Crippen LogP contribution in [0.2, 0.25) is 0 Å². The van der Waals surface area contributed by atoms with Crippen LogP contribution in [0.15, 0.2) is 53.0 Å². The molecular formula is C23H21BrN4O. The zero-order valence-corrected chi connectivity index (χ0v) is 17.9. The number of H-pyrrole nitrogens is 2. The Balaban J connectivity index is 1.82. The average molecular weight is 449 g/mol. The van der Waals surface area contributed by atoms with Gasteiger partial charge in [0.1, 0.15) is 0 Å². The number of carbonyl (C=O) groups excluding carboxylic acids is 1. The molecule has 5 rings (SSSR count). The van der Waals surface area contributed by atoms with E-state index >= 15 is 0 Å². The molecule has 0 saturated heterocycles. The van der Waals surface area contributed by atoms with E-state index < -0.39 is 0 Å². The maximum atomic E-state index is 13.1. The van der Waals surface area contributed by atoms with Gasteiger partial charge in [0.05, 0.1) is 16.6 Å². The van der Waals surface area contributed by atoms with Crippen LogP contribution in [-0.2, 0) is 0 Å². The minimum absolute atomic E-state index is 0.0605. The van der Waals surface area contributed by atoms with Gasteiger partial charge in [-0.3, -0.25) is 4.79 Å². The summed E-state index contributed by atoms with van der Waals surface area (Å²) in [6.45, 7) is 1.40. The fourth-order valence-corrected chi connectivity index (χ4v) is 4.38. The monoisotopic (exact) mass is 448 g/mol. The number of nitrogens with one attached hydrogen (secondary N) is 3. The van der Waals surface area contributed by atoms with Crippen LogP contribution < -0.4 is 5.32 Å². The molecule has 0 saturated carbocycles. The Morgan fingerprint density at radius 1 is 0.966 bits per heavy atom. The highest BCUT2D eigenvalue weighted by molar-refractivity contribution is 9.10. The summed E-state index contributed by atoms with van der Waals surface area (Å²) >= 11 is 3.59. The molecule has 0 fully saturated rings. The maximum Gasteiger partial charge on any atom is 0.253 e. The van der Waals surface area contributed by atoms with Gasteiger partial charge in [0, 0.05) is 50.1 Å². The molecule has 0 aliphatic rings. The maximum absolute atomic E-state index is 13.1. The van der Waals surface area contributed by atoms with Gasteiger partial charge in [-0.05, 0) is 44.4 Å². The van der Waals surface area contributed by atoms with Gasteiger partial charge in [0.15, 0.2) is 0 Å². The Morgan fingerprint density at radius 3 is 2.55 bits per heavy atom. The first-order valence-corrected chi connectivity index (χ1v) is 10.4. The van der Waals surface area contributed by atoms with Crippen molar-refractivity contribution in [1.82, 2.24) is 20.2 Å². The molecule has 146 valence electrons. The number of halogens is 1. The third-order valence-electron chi connectivity index (χ3n) is 5.40. The first-order chi connectivity index (χ1) is 14.0. The van der Waals surface area contributed by atoms with Crippen molar-refractivity contribution < 1.29 is 4.79 Å². The predicted octanol–water partition coefficient (Wildman–Crippen LogP) is 5.01. The number of aromatic amines is 2. The van der Waals surface area contributed by atoms with Gasteiger partial charge in [-0.2, -0.15) is 0 Å². The van der Waals surface area contributed by atoms with E-state index in [-0.39, 0.29) is 5.91 Å². The molecule has 0 unspecified atom stereocenters. The lowest BCUT2D eigenvalue weighted by Gasteiger charge is -2.11. The lowest BCUT2D eigenvalue weighted by Crippen LogP contribution is -2.31. The molecule has 0 atom stereocenters. The summed E-state index contributed by atoms with van der Waals surface area (Å²) in [6.07, 6.45) is 0. The standard InChI is InChI=1S/C23H21BrN4O/c1-28(2)10-9-25-23(29)17-12-15-14-5-3-4-6-18(14)26-21(15)20-16-11-13(24)7-8-19(16)27-22(17)20/h3-8,11-12,26-27H,9-10H2,1-2H3,(H,25,29). The first kappa shape index (κ1) is 18.2. The lowest BCUT2D eigenvalue weighted by atomic mass is 10.0. The van der Waals surface area contributed by atoms with Crippen molar-refractivity contribution in [3.05, 3.63) is 58.6 Å². The van der Waals surface area contributed by atoms with Gasteiger partial charge < -0.3 is 20.2 Å². The van der Waals surface area contributed by atoms with Crippen molar-refractivity contribution in [2.24, 2.45) is 0 Å². The fourth-order valence-electron chi connectivity index (χ4n) is 4.02. The minimum Gasteiger partial charge on any atom is -0.354 e. The van der Waals surface area contributed by atoms with Gasteiger partial charge in [-0.25, -0.2) is 0 Å². The number of rotatable bonds is 4. The van der Waals surface area contributed by atoms with Crippen LogP contribution in [0.5, 0.6) is 0 Å². The number of hydrogen-bond acceptors (Lipinski definition) is 2. The van der Waals surface area contributed by atoms with Crippen molar-refractivity contribution >= 4 is 65.4 Å². The van der Waals surface area contributed by atoms with Crippen LogP contribution in [0.1, 0.15) is 10.4 Å². The van der Waals surface area contributed by atoms with Gasteiger partial charge in [-0.15, -0.1) is 0 Å². The first-order valence-electron chi connectivity index (χ1n) is 9.60. The molecule has 0 aliphatic heterocycles. The molecule has 2 heterocycles. The Morgan fingerprint density at radius 2 is 1.72 bits per heavy atom. The van der Waals surface area contributed by atoms with E-state index in [0.29, 0.717) is 12.1 Å². The van der Waals surface area contributed by atoms with Gasteiger partial charge >= 0.3 is 0 Å². The Hall–Kier alpha value is -2.83. The molecule has 3 aromatic carbocycles. The summed E-state index contributed by atoms with van der Waals surface area (Å²) in [5.41, 5.74) is 4.66. The number of fused-ring (bicyclic) bond motifs is 7. The van der Waals surface area contributed by atoms with Crippen molar-refractivity contribution in [2.45, 2.75) is 0 Å². The van der Waals surface area contributed by atoms with E-state index in [0.717, 1.165) is 54.6 Å². The lowest BCUT2D eigenvalue weighted by molar-refractivity contribution is 0.0952. The molecule has 0 bridgehead atoms. The summed E-state index contributed by atoms with van der Waals surface area (Å²) in [6, 6.07) is 16.4. The topological polar surface area (TPSA) is 63.9 Å². The number of likely N-dealkylation sites (N-methyl/N-ethyl adjacent to an activating group) is 1. The van der Waals surface area contributed by atoms with Crippen LogP contribution in [0, 0.1) is 0 Å². The predicted molar refractivity (Wildman–Crippen MR) is 124 cm³/mol. The van der Waals surface area contributed by atoms with E-state index in [2.05, 4.69) is 54.3 Å². The van der Waals surface area contributed by atoms with E-state index in [1.807, 2.05) is 44.4 Å². The SMILES string of the molecule is CN(C)CCNC(=O)c1cc2c3ccccc3[nH]c2c2c1[nH]c1ccc(Br)cc12.